The highest BCUT2D eigenvalue weighted by Gasteiger charge is 2.34. The first-order chi connectivity index (χ1) is 5.33. The van der Waals surface area contributed by atoms with Crippen molar-refractivity contribution in [3.63, 3.8) is 0 Å². The van der Waals surface area contributed by atoms with Crippen molar-refractivity contribution in [2.45, 2.75) is 13.3 Å². The van der Waals surface area contributed by atoms with E-state index in [1.165, 1.54) is 0 Å². The quantitative estimate of drug-likeness (QED) is 0.648. The van der Waals surface area contributed by atoms with Crippen molar-refractivity contribution in [3.8, 4) is 0 Å². The Kier molecular flexibility index (Phi) is 3.30. The van der Waals surface area contributed by atoms with Gasteiger partial charge in [0.25, 0.3) is 0 Å². The van der Waals surface area contributed by atoms with Crippen molar-refractivity contribution in [1.82, 2.24) is 0 Å². The van der Waals surface area contributed by atoms with E-state index in [4.69, 9.17) is 14.6 Å². The van der Waals surface area contributed by atoms with Crippen LogP contribution in [-0.2, 0) is 9.47 Å². The summed E-state index contributed by atoms with van der Waals surface area (Å²) in [5, 5.41) is 9.08. The molecule has 1 atom stereocenters. The van der Waals surface area contributed by atoms with Gasteiger partial charge in [0.1, 0.15) is 0 Å². The number of aliphatic hydroxyl groups excluding tert-OH is 1. The largest absolute Gasteiger partial charge is 0.396 e. The minimum Gasteiger partial charge on any atom is -0.396 e. The molecule has 11 heavy (non-hydrogen) atoms. The molecule has 1 heterocycles. The normalized spacial score (nSPS) is 31.1. The first kappa shape index (κ1) is 8.97. The van der Waals surface area contributed by atoms with E-state index in [0.717, 1.165) is 13.0 Å². The molecule has 0 saturated carbocycles. The third kappa shape index (κ3) is 2.15. The molecule has 1 fully saturated rings. The fourth-order valence-corrected chi connectivity index (χ4v) is 1.25. The Morgan fingerprint density at radius 3 is 2.91 bits per heavy atom. The first-order valence-corrected chi connectivity index (χ1v) is 4.09. The van der Waals surface area contributed by atoms with E-state index in [1.54, 1.807) is 0 Å². The second-order valence-electron chi connectivity index (χ2n) is 3.10. The molecule has 1 unspecified atom stereocenters. The molecule has 0 bridgehead atoms. The average molecular weight is 160 g/mol. The lowest BCUT2D eigenvalue weighted by Gasteiger charge is -2.23. The predicted octanol–water partition coefficient (Wildman–Crippen LogP) is 0.422. The molecular weight excluding hydrogens is 144 g/mol. The minimum absolute atomic E-state index is 0.101. The number of aliphatic hydroxyl groups is 1. The Morgan fingerprint density at radius 1 is 1.64 bits per heavy atom. The maximum absolute atomic E-state index is 9.08. The SMILES string of the molecule is CCOCC1(CO)CCOC1. The Labute approximate surface area is 67.3 Å². The second kappa shape index (κ2) is 4.04. The van der Waals surface area contributed by atoms with E-state index < -0.39 is 0 Å². The van der Waals surface area contributed by atoms with Crippen LogP contribution in [0.1, 0.15) is 13.3 Å². The van der Waals surface area contributed by atoms with Crippen molar-refractivity contribution in [3.05, 3.63) is 0 Å². The van der Waals surface area contributed by atoms with Crippen molar-refractivity contribution in [1.29, 1.82) is 0 Å². The molecule has 3 nitrogen and oxygen atoms in total. The Balaban J connectivity index is 2.33. The minimum atomic E-state index is -0.101. The maximum Gasteiger partial charge on any atom is 0.0567 e. The summed E-state index contributed by atoms with van der Waals surface area (Å²) in [6, 6.07) is 0. The fraction of sp³-hybridized carbons (Fsp3) is 1.00. The van der Waals surface area contributed by atoms with E-state index >= 15 is 0 Å². The van der Waals surface area contributed by atoms with Gasteiger partial charge in [-0.2, -0.15) is 0 Å². The maximum atomic E-state index is 9.08. The number of ether oxygens (including phenoxy) is 2. The van der Waals surface area contributed by atoms with Crippen molar-refractivity contribution < 1.29 is 14.6 Å². The van der Waals surface area contributed by atoms with Gasteiger partial charge in [-0.15, -0.1) is 0 Å². The molecule has 3 heteroatoms. The van der Waals surface area contributed by atoms with Crippen LogP contribution < -0.4 is 0 Å². The van der Waals surface area contributed by atoms with Crippen LogP contribution in [0.5, 0.6) is 0 Å². The molecule has 0 aromatic heterocycles. The Bertz CT molecular complexity index is 108. The third-order valence-corrected chi connectivity index (χ3v) is 2.13. The highest BCUT2D eigenvalue weighted by molar-refractivity contribution is 4.82. The van der Waals surface area contributed by atoms with Gasteiger partial charge in [-0.05, 0) is 13.3 Å². The van der Waals surface area contributed by atoms with Gasteiger partial charge in [-0.25, -0.2) is 0 Å². The lowest BCUT2D eigenvalue weighted by atomic mass is 9.90. The van der Waals surface area contributed by atoms with Crippen LogP contribution in [0.4, 0.5) is 0 Å². The van der Waals surface area contributed by atoms with Crippen LogP contribution in [0.2, 0.25) is 0 Å². The molecule has 0 aromatic carbocycles. The first-order valence-electron chi connectivity index (χ1n) is 4.09. The molecule has 0 spiro atoms. The van der Waals surface area contributed by atoms with Crippen LogP contribution in [0, 0.1) is 5.41 Å². The van der Waals surface area contributed by atoms with Crippen LogP contribution in [0.15, 0.2) is 0 Å². The fourth-order valence-electron chi connectivity index (χ4n) is 1.25. The Hall–Kier alpha value is -0.120. The van der Waals surface area contributed by atoms with Crippen molar-refractivity contribution in [2.24, 2.45) is 5.41 Å². The molecule has 0 aromatic rings. The van der Waals surface area contributed by atoms with E-state index in [1.807, 2.05) is 6.92 Å². The lowest BCUT2D eigenvalue weighted by molar-refractivity contribution is 0.00443. The van der Waals surface area contributed by atoms with Crippen molar-refractivity contribution >= 4 is 0 Å². The van der Waals surface area contributed by atoms with E-state index in [2.05, 4.69) is 0 Å². The highest BCUT2D eigenvalue weighted by Crippen LogP contribution is 2.27. The van der Waals surface area contributed by atoms with Crippen LogP contribution in [-0.4, -0.2) is 38.1 Å². The van der Waals surface area contributed by atoms with E-state index in [0.29, 0.717) is 19.8 Å². The number of hydrogen-bond acceptors (Lipinski definition) is 3. The summed E-state index contributed by atoms with van der Waals surface area (Å²) in [6.07, 6.45) is 0.920. The van der Waals surface area contributed by atoms with Gasteiger partial charge in [0, 0.05) is 18.6 Å². The average Bonchev–Trinajstić information content (AvgIpc) is 2.50. The molecule has 1 aliphatic heterocycles. The monoisotopic (exact) mass is 160 g/mol. The summed E-state index contributed by atoms with van der Waals surface area (Å²) in [4.78, 5) is 0. The molecule has 1 rings (SSSR count). The van der Waals surface area contributed by atoms with Gasteiger partial charge in [-0.3, -0.25) is 0 Å². The predicted molar refractivity (Wildman–Crippen MR) is 41.4 cm³/mol. The van der Waals surface area contributed by atoms with Crippen LogP contribution >= 0.6 is 0 Å². The van der Waals surface area contributed by atoms with Gasteiger partial charge < -0.3 is 14.6 Å². The van der Waals surface area contributed by atoms with Gasteiger partial charge in [0.05, 0.1) is 19.8 Å². The molecule has 1 aliphatic rings. The lowest BCUT2D eigenvalue weighted by Crippen LogP contribution is -2.31. The topological polar surface area (TPSA) is 38.7 Å². The van der Waals surface area contributed by atoms with Gasteiger partial charge in [0.2, 0.25) is 0 Å². The standard InChI is InChI=1S/C8H16O3/c1-2-10-6-8(5-9)3-4-11-7-8/h9H,2-7H2,1H3. The van der Waals surface area contributed by atoms with Gasteiger partial charge in [-0.1, -0.05) is 0 Å². The zero-order valence-electron chi connectivity index (χ0n) is 7.01. The van der Waals surface area contributed by atoms with Gasteiger partial charge >= 0.3 is 0 Å². The summed E-state index contributed by atoms with van der Waals surface area (Å²) in [5.74, 6) is 0. The smallest absolute Gasteiger partial charge is 0.0567 e. The second-order valence-corrected chi connectivity index (χ2v) is 3.10. The number of hydrogen-bond donors (Lipinski definition) is 1. The third-order valence-electron chi connectivity index (χ3n) is 2.13. The summed E-state index contributed by atoms with van der Waals surface area (Å²) in [5.41, 5.74) is -0.101. The van der Waals surface area contributed by atoms with E-state index in [9.17, 15) is 0 Å². The highest BCUT2D eigenvalue weighted by atomic mass is 16.5. The summed E-state index contributed by atoms with van der Waals surface area (Å²) in [7, 11) is 0. The zero-order chi connectivity index (χ0) is 8.16. The molecular formula is C8H16O3. The van der Waals surface area contributed by atoms with Gasteiger partial charge in [0.15, 0.2) is 0 Å². The molecule has 66 valence electrons. The van der Waals surface area contributed by atoms with Crippen molar-refractivity contribution in [2.75, 3.05) is 33.0 Å². The summed E-state index contributed by atoms with van der Waals surface area (Å²) >= 11 is 0. The molecule has 0 amide bonds. The zero-order valence-corrected chi connectivity index (χ0v) is 7.01. The number of rotatable bonds is 4. The summed E-state index contributed by atoms with van der Waals surface area (Å²) < 4.78 is 10.5. The molecule has 0 aliphatic carbocycles. The van der Waals surface area contributed by atoms with Crippen LogP contribution in [0.3, 0.4) is 0 Å². The Morgan fingerprint density at radius 2 is 2.45 bits per heavy atom. The molecule has 1 saturated heterocycles. The molecule has 1 N–H and O–H groups in total. The van der Waals surface area contributed by atoms with Crippen LogP contribution in [0.25, 0.3) is 0 Å². The summed E-state index contributed by atoms with van der Waals surface area (Å²) in [6.45, 7) is 4.87. The van der Waals surface area contributed by atoms with E-state index in [-0.39, 0.29) is 12.0 Å². The molecule has 0 radical (unpaired) electrons.